The summed E-state index contributed by atoms with van der Waals surface area (Å²) in [5, 5.41) is 0.445. The molecule has 0 atom stereocenters. The maximum absolute atomic E-state index is 12.4. The monoisotopic (exact) mass is 501 g/mol. The number of sulfonamides is 1. The largest absolute Gasteiger partial charge is 0.278 e. The normalized spacial score (nSPS) is 11.4. The van der Waals surface area contributed by atoms with E-state index in [2.05, 4.69) is 52.5 Å². The van der Waals surface area contributed by atoms with E-state index in [1.54, 1.807) is 24.3 Å². The molecular formula is C12H7Br3ClNO2S. The smallest absolute Gasteiger partial charge is 0.263 e. The molecule has 0 heterocycles. The van der Waals surface area contributed by atoms with Crippen LogP contribution >= 0.6 is 59.4 Å². The first-order valence-corrected chi connectivity index (χ1v) is 9.46. The van der Waals surface area contributed by atoms with Crippen molar-refractivity contribution >= 4 is 75.1 Å². The van der Waals surface area contributed by atoms with Gasteiger partial charge in [0.15, 0.2) is 0 Å². The molecule has 0 radical (unpaired) electrons. The van der Waals surface area contributed by atoms with Gasteiger partial charge in [-0.25, -0.2) is 8.42 Å². The molecule has 0 unspecified atom stereocenters. The van der Waals surface area contributed by atoms with Crippen LogP contribution in [0.25, 0.3) is 0 Å². The van der Waals surface area contributed by atoms with E-state index >= 15 is 0 Å². The van der Waals surface area contributed by atoms with Crippen molar-refractivity contribution in [2.75, 3.05) is 4.72 Å². The van der Waals surface area contributed by atoms with Crippen LogP contribution in [-0.2, 0) is 10.0 Å². The molecule has 0 aliphatic rings. The van der Waals surface area contributed by atoms with E-state index < -0.39 is 10.0 Å². The van der Waals surface area contributed by atoms with Crippen molar-refractivity contribution in [1.29, 1.82) is 0 Å². The highest BCUT2D eigenvalue weighted by atomic mass is 79.9. The molecule has 106 valence electrons. The number of hydrogen-bond acceptors (Lipinski definition) is 2. The Morgan fingerprint density at radius 2 is 1.65 bits per heavy atom. The van der Waals surface area contributed by atoms with Crippen LogP contribution in [0.1, 0.15) is 0 Å². The van der Waals surface area contributed by atoms with Gasteiger partial charge in [-0.05, 0) is 68.3 Å². The lowest BCUT2D eigenvalue weighted by Crippen LogP contribution is -2.14. The van der Waals surface area contributed by atoms with Crippen LogP contribution in [0.2, 0.25) is 5.02 Å². The van der Waals surface area contributed by atoms with E-state index in [9.17, 15) is 8.42 Å². The summed E-state index contributed by atoms with van der Waals surface area (Å²) in [5.74, 6) is 0. The Kier molecular flexibility index (Phi) is 5.18. The predicted molar refractivity (Wildman–Crippen MR) is 91.8 cm³/mol. The molecular weight excluding hydrogens is 497 g/mol. The quantitative estimate of drug-likeness (QED) is 0.606. The fraction of sp³-hybridized carbons (Fsp3) is 0. The first-order valence-electron chi connectivity index (χ1n) is 5.22. The molecule has 0 aliphatic carbocycles. The Morgan fingerprint density at radius 3 is 2.30 bits per heavy atom. The Labute approximate surface area is 147 Å². The maximum atomic E-state index is 12.4. The average molecular weight is 504 g/mol. The highest BCUT2D eigenvalue weighted by molar-refractivity contribution is 9.11. The summed E-state index contributed by atoms with van der Waals surface area (Å²) in [4.78, 5) is 0.146. The third-order valence-electron chi connectivity index (χ3n) is 2.36. The molecule has 20 heavy (non-hydrogen) atoms. The van der Waals surface area contributed by atoms with Crippen molar-refractivity contribution in [1.82, 2.24) is 0 Å². The first-order chi connectivity index (χ1) is 9.29. The third kappa shape index (κ3) is 3.76. The molecule has 0 spiro atoms. The molecule has 0 saturated heterocycles. The second-order valence-corrected chi connectivity index (χ2v) is 8.52. The van der Waals surface area contributed by atoms with Gasteiger partial charge in [-0.1, -0.05) is 27.5 Å². The molecule has 2 aromatic carbocycles. The second-order valence-electron chi connectivity index (χ2n) is 3.80. The zero-order valence-corrected chi connectivity index (χ0v) is 16.0. The molecule has 0 aromatic heterocycles. The molecule has 2 aromatic rings. The van der Waals surface area contributed by atoms with Gasteiger partial charge in [0, 0.05) is 18.4 Å². The van der Waals surface area contributed by atoms with Gasteiger partial charge in [-0.3, -0.25) is 4.72 Å². The van der Waals surface area contributed by atoms with Gasteiger partial charge >= 0.3 is 0 Å². The number of halogens is 4. The zero-order chi connectivity index (χ0) is 14.9. The highest BCUT2D eigenvalue weighted by Crippen LogP contribution is 2.31. The second kappa shape index (κ2) is 6.36. The van der Waals surface area contributed by atoms with E-state index in [1.165, 1.54) is 12.1 Å². The van der Waals surface area contributed by atoms with Crippen molar-refractivity contribution in [3.05, 3.63) is 54.8 Å². The van der Waals surface area contributed by atoms with Gasteiger partial charge in [-0.15, -0.1) is 0 Å². The van der Waals surface area contributed by atoms with E-state index in [-0.39, 0.29) is 4.90 Å². The number of hydrogen-bond donors (Lipinski definition) is 1. The molecule has 3 nitrogen and oxygen atoms in total. The van der Waals surface area contributed by atoms with Crippen LogP contribution in [0.15, 0.2) is 54.7 Å². The Balaban J connectivity index is 2.43. The zero-order valence-electron chi connectivity index (χ0n) is 9.70. The van der Waals surface area contributed by atoms with Gasteiger partial charge in [0.1, 0.15) is 4.90 Å². The predicted octanol–water partition coefficient (Wildman–Crippen LogP) is 5.43. The summed E-state index contributed by atoms with van der Waals surface area (Å²) in [6, 6.07) is 9.72. The van der Waals surface area contributed by atoms with Crippen molar-refractivity contribution < 1.29 is 8.42 Å². The maximum Gasteiger partial charge on any atom is 0.263 e. The summed E-state index contributed by atoms with van der Waals surface area (Å²) in [6.07, 6.45) is 0. The SMILES string of the molecule is O=S(=O)(Nc1cc(Cl)ccc1Br)c1ccc(Br)cc1Br. The fourth-order valence-corrected chi connectivity index (χ4v) is 4.94. The Morgan fingerprint density at radius 1 is 0.950 bits per heavy atom. The highest BCUT2D eigenvalue weighted by Gasteiger charge is 2.19. The van der Waals surface area contributed by atoms with Crippen LogP contribution in [0.3, 0.4) is 0 Å². The fourth-order valence-electron chi connectivity index (χ4n) is 1.47. The standard InChI is InChI=1S/C12H7Br3ClNO2S/c13-7-1-4-12(10(15)5-7)20(18,19)17-11-6-8(16)2-3-9(11)14/h1-6,17H. The van der Waals surface area contributed by atoms with Gasteiger partial charge in [0.25, 0.3) is 10.0 Å². The minimum atomic E-state index is -3.71. The lowest BCUT2D eigenvalue weighted by Gasteiger charge is -2.11. The molecule has 0 fully saturated rings. The van der Waals surface area contributed by atoms with Gasteiger partial charge in [0.05, 0.1) is 5.69 Å². The van der Waals surface area contributed by atoms with E-state index in [1.807, 2.05) is 0 Å². The van der Waals surface area contributed by atoms with Crippen molar-refractivity contribution in [3.63, 3.8) is 0 Å². The molecule has 2 rings (SSSR count). The number of nitrogens with one attached hydrogen (secondary N) is 1. The molecule has 0 amide bonds. The molecule has 0 bridgehead atoms. The summed E-state index contributed by atoms with van der Waals surface area (Å²) >= 11 is 15.7. The van der Waals surface area contributed by atoms with Crippen LogP contribution < -0.4 is 4.72 Å². The van der Waals surface area contributed by atoms with Gasteiger partial charge < -0.3 is 0 Å². The minimum Gasteiger partial charge on any atom is -0.278 e. The molecule has 0 saturated carbocycles. The van der Waals surface area contributed by atoms with E-state index in [0.717, 1.165) is 4.47 Å². The minimum absolute atomic E-state index is 0.146. The van der Waals surface area contributed by atoms with E-state index in [4.69, 9.17) is 11.6 Å². The van der Waals surface area contributed by atoms with E-state index in [0.29, 0.717) is 19.7 Å². The Hall–Kier alpha value is -0.0800. The van der Waals surface area contributed by atoms with Gasteiger partial charge in [-0.2, -0.15) is 0 Å². The van der Waals surface area contributed by atoms with Crippen molar-refractivity contribution in [3.8, 4) is 0 Å². The lowest BCUT2D eigenvalue weighted by molar-refractivity contribution is 0.600. The lowest BCUT2D eigenvalue weighted by atomic mass is 10.3. The Bertz CT molecular complexity index is 765. The molecule has 1 N–H and O–H groups in total. The topological polar surface area (TPSA) is 46.2 Å². The summed E-state index contributed by atoms with van der Waals surface area (Å²) < 4.78 is 29.1. The molecule has 8 heteroatoms. The summed E-state index contributed by atoms with van der Waals surface area (Å²) in [6.45, 7) is 0. The molecule has 0 aliphatic heterocycles. The average Bonchev–Trinajstić information content (AvgIpc) is 2.33. The van der Waals surface area contributed by atoms with Crippen molar-refractivity contribution in [2.45, 2.75) is 4.90 Å². The number of anilines is 1. The first kappa shape index (κ1) is 16.3. The number of rotatable bonds is 3. The van der Waals surface area contributed by atoms with Crippen LogP contribution in [0.5, 0.6) is 0 Å². The number of benzene rings is 2. The van der Waals surface area contributed by atoms with Crippen LogP contribution in [0, 0.1) is 0 Å². The third-order valence-corrected chi connectivity index (χ3v) is 6.12. The summed E-state index contributed by atoms with van der Waals surface area (Å²) in [7, 11) is -3.71. The van der Waals surface area contributed by atoms with Crippen LogP contribution in [0.4, 0.5) is 5.69 Å². The van der Waals surface area contributed by atoms with Crippen molar-refractivity contribution in [2.24, 2.45) is 0 Å². The summed E-state index contributed by atoms with van der Waals surface area (Å²) in [5.41, 5.74) is 0.382. The van der Waals surface area contributed by atoms with Crippen LogP contribution in [-0.4, -0.2) is 8.42 Å². The van der Waals surface area contributed by atoms with Gasteiger partial charge in [0.2, 0.25) is 0 Å².